The van der Waals surface area contributed by atoms with Crippen molar-refractivity contribution in [1.29, 1.82) is 0 Å². The number of nitrogens with one attached hydrogen (secondary N) is 1. The molecule has 0 saturated carbocycles. The van der Waals surface area contributed by atoms with Gasteiger partial charge in [0.2, 0.25) is 6.04 Å². The van der Waals surface area contributed by atoms with Crippen LogP contribution in [0.15, 0.2) is 60.7 Å². The molecule has 0 aromatic heterocycles. The molecule has 0 unspecified atom stereocenters. The molecule has 6 nitrogen and oxygen atoms in total. The van der Waals surface area contributed by atoms with Gasteiger partial charge in [-0.2, -0.15) is 0 Å². The zero-order valence-corrected chi connectivity index (χ0v) is 12.2. The van der Waals surface area contributed by atoms with Gasteiger partial charge in [-0.25, -0.2) is 0 Å². The summed E-state index contributed by atoms with van der Waals surface area (Å²) in [5.74, 6) is -1.81. The summed E-state index contributed by atoms with van der Waals surface area (Å²) >= 11 is 0. The van der Waals surface area contributed by atoms with E-state index >= 15 is 0 Å². The van der Waals surface area contributed by atoms with E-state index in [0.29, 0.717) is 5.56 Å². The van der Waals surface area contributed by atoms with Gasteiger partial charge in [0.1, 0.15) is 12.1 Å². The third-order valence-electron chi connectivity index (χ3n) is 4.28. The second kappa shape index (κ2) is 6.18. The molecule has 4 atom stereocenters. The van der Waals surface area contributed by atoms with Crippen molar-refractivity contribution in [3.63, 3.8) is 0 Å². The van der Waals surface area contributed by atoms with Gasteiger partial charge in [-0.05, 0) is 11.1 Å². The van der Waals surface area contributed by atoms with Crippen molar-refractivity contribution in [1.82, 2.24) is 5.32 Å². The third-order valence-corrected chi connectivity index (χ3v) is 4.28. The first-order chi connectivity index (χ1) is 11.1. The Balaban J connectivity index is 2.07. The van der Waals surface area contributed by atoms with Gasteiger partial charge < -0.3 is 5.11 Å². The minimum Gasteiger partial charge on any atom is -0.480 e. The molecular weight excluding hydrogens is 296 g/mol. The molecule has 0 aliphatic carbocycles. The van der Waals surface area contributed by atoms with Crippen molar-refractivity contribution in [3.8, 4) is 0 Å². The number of carboxylic acids is 1. The molecule has 1 saturated heterocycles. The van der Waals surface area contributed by atoms with Crippen LogP contribution in [0.3, 0.4) is 0 Å². The third kappa shape index (κ3) is 2.80. The Morgan fingerprint density at radius 3 is 2.00 bits per heavy atom. The van der Waals surface area contributed by atoms with E-state index < -0.39 is 30.0 Å². The first-order valence-corrected chi connectivity index (χ1v) is 7.32. The normalized spacial score (nSPS) is 26.8. The molecule has 1 aliphatic rings. The second-order valence-corrected chi connectivity index (χ2v) is 5.58. The fourth-order valence-electron chi connectivity index (χ4n) is 3.30. The molecule has 3 rings (SSSR count). The zero-order valence-electron chi connectivity index (χ0n) is 12.2. The number of benzene rings is 2. The SMILES string of the molecule is O=C(O)[C@H]1N[C@@H](c2ccccc2)[C@H]([N+](=O)[O-])[C@H]1c1ccccc1. The number of hydrogen-bond acceptors (Lipinski definition) is 4. The van der Waals surface area contributed by atoms with Crippen LogP contribution >= 0.6 is 0 Å². The van der Waals surface area contributed by atoms with Crippen LogP contribution in [0.2, 0.25) is 0 Å². The molecule has 0 amide bonds. The molecule has 2 aromatic carbocycles. The summed E-state index contributed by atoms with van der Waals surface area (Å²) in [5.41, 5.74) is 1.38. The molecule has 2 aromatic rings. The van der Waals surface area contributed by atoms with E-state index in [1.807, 2.05) is 6.07 Å². The van der Waals surface area contributed by atoms with Gasteiger partial charge in [-0.15, -0.1) is 0 Å². The summed E-state index contributed by atoms with van der Waals surface area (Å²) in [6, 6.07) is 15.1. The average molecular weight is 312 g/mol. The molecule has 1 fully saturated rings. The second-order valence-electron chi connectivity index (χ2n) is 5.58. The Labute approximate surface area is 132 Å². The maximum Gasteiger partial charge on any atom is 0.321 e. The van der Waals surface area contributed by atoms with Gasteiger partial charge in [0.05, 0.1) is 5.92 Å². The molecular formula is C17H16N2O4. The summed E-state index contributed by atoms with van der Waals surface area (Å²) < 4.78 is 0. The lowest BCUT2D eigenvalue weighted by Crippen LogP contribution is -2.35. The van der Waals surface area contributed by atoms with Crippen LogP contribution in [0.25, 0.3) is 0 Å². The number of aliphatic carboxylic acids is 1. The number of carbonyl (C=O) groups is 1. The maximum atomic E-state index is 11.7. The van der Waals surface area contributed by atoms with E-state index in [0.717, 1.165) is 5.56 Å². The van der Waals surface area contributed by atoms with Crippen LogP contribution < -0.4 is 5.32 Å². The van der Waals surface area contributed by atoms with Crippen molar-refractivity contribution < 1.29 is 14.8 Å². The van der Waals surface area contributed by atoms with Crippen molar-refractivity contribution in [2.24, 2.45) is 0 Å². The van der Waals surface area contributed by atoms with Crippen LogP contribution in [-0.4, -0.2) is 28.1 Å². The topological polar surface area (TPSA) is 92.5 Å². The number of hydrogen-bond donors (Lipinski definition) is 2. The Morgan fingerprint density at radius 2 is 1.52 bits per heavy atom. The molecule has 6 heteroatoms. The average Bonchev–Trinajstić information content (AvgIpc) is 2.97. The highest BCUT2D eigenvalue weighted by molar-refractivity contribution is 5.76. The van der Waals surface area contributed by atoms with Gasteiger partial charge >= 0.3 is 5.97 Å². The number of rotatable bonds is 4. The summed E-state index contributed by atoms with van der Waals surface area (Å²) in [4.78, 5) is 23.0. The summed E-state index contributed by atoms with van der Waals surface area (Å²) in [7, 11) is 0. The van der Waals surface area contributed by atoms with E-state index in [9.17, 15) is 20.0 Å². The smallest absolute Gasteiger partial charge is 0.321 e. The van der Waals surface area contributed by atoms with Gasteiger partial charge in [0.25, 0.3) is 0 Å². The van der Waals surface area contributed by atoms with Crippen LogP contribution in [0, 0.1) is 10.1 Å². The largest absolute Gasteiger partial charge is 0.480 e. The zero-order chi connectivity index (χ0) is 16.4. The molecule has 2 N–H and O–H groups in total. The summed E-state index contributed by atoms with van der Waals surface area (Å²) in [6.07, 6.45) is 0. The van der Waals surface area contributed by atoms with Crippen LogP contribution in [-0.2, 0) is 4.79 Å². The predicted molar refractivity (Wildman–Crippen MR) is 83.7 cm³/mol. The van der Waals surface area contributed by atoms with Crippen molar-refractivity contribution in [3.05, 3.63) is 81.9 Å². The van der Waals surface area contributed by atoms with Crippen LogP contribution in [0.4, 0.5) is 0 Å². The van der Waals surface area contributed by atoms with Crippen molar-refractivity contribution >= 4 is 5.97 Å². The lowest BCUT2D eigenvalue weighted by Gasteiger charge is -2.18. The van der Waals surface area contributed by atoms with E-state index in [-0.39, 0.29) is 4.92 Å². The Morgan fingerprint density at radius 1 is 1.00 bits per heavy atom. The first kappa shape index (κ1) is 15.2. The number of nitrogens with zero attached hydrogens (tertiary/aromatic N) is 1. The molecule has 0 spiro atoms. The Kier molecular flexibility index (Phi) is 4.08. The summed E-state index contributed by atoms with van der Waals surface area (Å²) in [5, 5.41) is 24.2. The lowest BCUT2D eigenvalue weighted by atomic mass is 9.85. The monoisotopic (exact) mass is 312 g/mol. The van der Waals surface area contributed by atoms with Gasteiger partial charge in [-0.3, -0.25) is 20.2 Å². The molecule has 23 heavy (non-hydrogen) atoms. The minimum atomic E-state index is -1.08. The van der Waals surface area contributed by atoms with Crippen molar-refractivity contribution in [2.45, 2.75) is 24.0 Å². The van der Waals surface area contributed by atoms with Gasteiger partial charge in [0.15, 0.2) is 0 Å². The molecule has 118 valence electrons. The van der Waals surface area contributed by atoms with Crippen LogP contribution in [0.1, 0.15) is 23.1 Å². The maximum absolute atomic E-state index is 11.7. The number of carboxylic acid groups (broad SMARTS) is 1. The van der Waals surface area contributed by atoms with E-state index in [4.69, 9.17) is 0 Å². The van der Waals surface area contributed by atoms with E-state index in [1.54, 1.807) is 54.6 Å². The van der Waals surface area contributed by atoms with Crippen molar-refractivity contribution in [2.75, 3.05) is 0 Å². The fourth-order valence-corrected chi connectivity index (χ4v) is 3.30. The predicted octanol–water partition coefficient (Wildman–Crippen LogP) is 2.21. The van der Waals surface area contributed by atoms with Gasteiger partial charge in [0, 0.05) is 4.92 Å². The minimum absolute atomic E-state index is 0.370. The molecule has 0 radical (unpaired) electrons. The Hall–Kier alpha value is -2.73. The lowest BCUT2D eigenvalue weighted by molar-refractivity contribution is -0.527. The highest BCUT2D eigenvalue weighted by atomic mass is 16.6. The van der Waals surface area contributed by atoms with E-state index in [2.05, 4.69) is 5.32 Å². The standard InChI is InChI=1S/C17H16N2O4/c20-17(21)15-13(11-7-3-1-4-8-11)16(19(22)23)14(18-15)12-9-5-2-6-10-12/h1-10,13-16,18H,(H,20,21)/t13-,14-,15-,16+/m0/s1. The number of nitro groups is 1. The molecule has 0 bridgehead atoms. The highest BCUT2D eigenvalue weighted by Crippen LogP contribution is 2.40. The van der Waals surface area contributed by atoms with Crippen LogP contribution in [0.5, 0.6) is 0 Å². The molecule has 1 heterocycles. The van der Waals surface area contributed by atoms with Gasteiger partial charge in [-0.1, -0.05) is 60.7 Å². The highest BCUT2D eigenvalue weighted by Gasteiger charge is 2.54. The Bertz CT molecular complexity index is 705. The summed E-state index contributed by atoms with van der Waals surface area (Å²) in [6.45, 7) is 0. The van der Waals surface area contributed by atoms with E-state index in [1.165, 1.54) is 0 Å². The first-order valence-electron chi connectivity index (χ1n) is 7.32. The quantitative estimate of drug-likeness (QED) is 0.667. The fraction of sp³-hybridized carbons (Fsp3) is 0.235. The molecule has 1 aliphatic heterocycles.